The van der Waals surface area contributed by atoms with Crippen LogP contribution in [0, 0.1) is 0 Å². The molecule has 0 saturated heterocycles. The maximum atomic E-state index is 4.99. The predicted molar refractivity (Wildman–Crippen MR) is 219 cm³/mol. The molecule has 0 bridgehead atoms. The van der Waals surface area contributed by atoms with Gasteiger partial charge in [-0.3, -0.25) is 9.55 Å². The van der Waals surface area contributed by atoms with E-state index in [1.807, 2.05) is 12.4 Å². The Labute approximate surface area is 305 Å². The highest BCUT2D eigenvalue weighted by Crippen LogP contribution is 2.39. The van der Waals surface area contributed by atoms with E-state index in [1.54, 1.807) is 0 Å². The van der Waals surface area contributed by atoms with Crippen molar-refractivity contribution in [3.8, 4) is 33.9 Å². The third-order valence-electron chi connectivity index (χ3n) is 10.6. The molecule has 0 aliphatic rings. The van der Waals surface area contributed by atoms with Crippen LogP contribution in [0.2, 0.25) is 0 Å². The Balaban J connectivity index is 1.31. The Morgan fingerprint density at radius 3 is 1.81 bits per heavy atom. The van der Waals surface area contributed by atoms with E-state index in [1.165, 1.54) is 49.3 Å². The molecule has 9 aromatic rings. The van der Waals surface area contributed by atoms with Crippen molar-refractivity contribution in [2.75, 3.05) is 0 Å². The minimum Gasteiger partial charge on any atom is -0.309 e. The predicted octanol–water partition coefficient (Wildman–Crippen LogP) is 12.6. The first-order valence-electron chi connectivity index (χ1n) is 18.2. The topological polar surface area (TPSA) is 35.6 Å². The van der Waals surface area contributed by atoms with Gasteiger partial charge in [0.1, 0.15) is 5.82 Å². The van der Waals surface area contributed by atoms with Gasteiger partial charge in [0.25, 0.3) is 0 Å². The monoisotopic (exact) mass is 674 g/mol. The van der Waals surface area contributed by atoms with E-state index in [4.69, 9.17) is 9.97 Å². The Bertz CT molecular complexity index is 2800. The zero-order valence-electron chi connectivity index (χ0n) is 30.6. The molecule has 5 aromatic carbocycles. The van der Waals surface area contributed by atoms with Crippen molar-refractivity contribution in [3.05, 3.63) is 157 Å². The van der Waals surface area contributed by atoms with Crippen LogP contribution in [0.4, 0.5) is 0 Å². The third kappa shape index (κ3) is 5.29. The van der Waals surface area contributed by atoms with Gasteiger partial charge in [-0.05, 0) is 93.7 Å². The van der Waals surface area contributed by atoms with Gasteiger partial charge in [-0.1, -0.05) is 114 Å². The zero-order valence-corrected chi connectivity index (χ0v) is 30.6. The van der Waals surface area contributed by atoms with E-state index in [2.05, 4.69) is 184 Å². The maximum absolute atomic E-state index is 4.99. The lowest BCUT2D eigenvalue weighted by Crippen LogP contribution is -2.12. The second kappa shape index (κ2) is 11.8. The van der Waals surface area contributed by atoms with Crippen molar-refractivity contribution >= 4 is 43.6 Å². The minimum atomic E-state index is -0.00990. The SMILES string of the molecule is CC(C)(C)c1ccnc(-c2ccc3c4ccccc4n(-c4ccc5c6cc(-c7ccccc7)ccc6n(-c6cc(C(C)(C)C)ccn6)c5c4)c3c2)c1. The van der Waals surface area contributed by atoms with Crippen LogP contribution in [0.3, 0.4) is 0 Å². The molecule has 0 aliphatic carbocycles. The first-order valence-corrected chi connectivity index (χ1v) is 18.2. The maximum Gasteiger partial charge on any atom is 0.137 e. The van der Waals surface area contributed by atoms with Gasteiger partial charge in [0.05, 0.1) is 27.8 Å². The normalized spacial score (nSPS) is 12.4. The summed E-state index contributed by atoms with van der Waals surface area (Å²) in [4.78, 5) is 9.82. The largest absolute Gasteiger partial charge is 0.309 e. The number of hydrogen-bond acceptors (Lipinski definition) is 2. The zero-order chi connectivity index (χ0) is 35.8. The average Bonchev–Trinajstić information content (AvgIpc) is 3.66. The minimum absolute atomic E-state index is 0.00990. The van der Waals surface area contributed by atoms with Crippen LogP contribution in [0.5, 0.6) is 0 Å². The summed E-state index contributed by atoms with van der Waals surface area (Å²) in [5.74, 6) is 0.923. The van der Waals surface area contributed by atoms with Gasteiger partial charge < -0.3 is 4.57 Å². The number of pyridine rings is 2. The Kier molecular flexibility index (Phi) is 7.24. The van der Waals surface area contributed by atoms with Crippen LogP contribution in [0.1, 0.15) is 52.7 Å². The van der Waals surface area contributed by atoms with Gasteiger partial charge >= 0.3 is 0 Å². The summed E-state index contributed by atoms with van der Waals surface area (Å²) in [6, 6.07) is 48.6. The van der Waals surface area contributed by atoms with Gasteiger partial charge in [0.15, 0.2) is 0 Å². The van der Waals surface area contributed by atoms with Crippen molar-refractivity contribution in [2.45, 2.75) is 52.4 Å². The fourth-order valence-corrected chi connectivity index (χ4v) is 7.68. The molecule has 0 unspecified atom stereocenters. The first kappa shape index (κ1) is 31.9. The Hall–Kier alpha value is -6.00. The van der Waals surface area contributed by atoms with Gasteiger partial charge in [-0.15, -0.1) is 0 Å². The summed E-state index contributed by atoms with van der Waals surface area (Å²) < 4.78 is 4.76. The summed E-state index contributed by atoms with van der Waals surface area (Å²) in [6.45, 7) is 13.5. The number of rotatable bonds is 4. The molecule has 0 N–H and O–H groups in total. The average molecular weight is 675 g/mol. The van der Waals surface area contributed by atoms with E-state index in [0.29, 0.717) is 0 Å². The number of fused-ring (bicyclic) bond motifs is 6. The molecule has 4 nitrogen and oxygen atoms in total. The Morgan fingerprint density at radius 1 is 0.404 bits per heavy atom. The van der Waals surface area contributed by atoms with E-state index >= 15 is 0 Å². The van der Waals surface area contributed by atoms with Gasteiger partial charge in [-0.25, -0.2) is 4.98 Å². The van der Waals surface area contributed by atoms with Crippen LogP contribution in [0.25, 0.3) is 77.5 Å². The van der Waals surface area contributed by atoms with Crippen molar-refractivity contribution in [2.24, 2.45) is 0 Å². The van der Waals surface area contributed by atoms with E-state index in [-0.39, 0.29) is 10.8 Å². The molecular weight excluding hydrogens is 633 g/mol. The molecule has 254 valence electrons. The van der Waals surface area contributed by atoms with E-state index in [9.17, 15) is 0 Å². The summed E-state index contributed by atoms with van der Waals surface area (Å²) in [5, 5.41) is 4.86. The van der Waals surface area contributed by atoms with Crippen LogP contribution in [0.15, 0.2) is 146 Å². The number of benzene rings is 5. The molecule has 0 atom stereocenters. The lowest BCUT2D eigenvalue weighted by Gasteiger charge is -2.20. The molecule has 0 aliphatic heterocycles. The Morgan fingerprint density at radius 2 is 1.02 bits per heavy atom. The quantitative estimate of drug-likeness (QED) is 0.186. The molecule has 9 rings (SSSR count). The molecule has 0 radical (unpaired) electrons. The number of nitrogens with zero attached hydrogens (tertiary/aromatic N) is 4. The summed E-state index contributed by atoms with van der Waals surface area (Å²) in [5.41, 5.74) is 12.7. The molecule has 4 aromatic heterocycles. The van der Waals surface area contributed by atoms with Crippen molar-refractivity contribution in [3.63, 3.8) is 0 Å². The fraction of sp³-hybridized carbons (Fsp3) is 0.167. The van der Waals surface area contributed by atoms with Crippen LogP contribution >= 0.6 is 0 Å². The van der Waals surface area contributed by atoms with Gasteiger partial charge in [0, 0.05) is 45.2 Å². The summed E-state index contributed by atoms with van der Waals surface area (Å²) >= 11 is 0. The number of para-hydroxylation sites is 1. The van der Waals surface area contributed by atoms with Gasteiger partial charge in [-0.2, -0.15) is 0 Å². The van der Waals surface area contributed by atoms with E-state index in [0.717, 1.165) is 39.3 Å². The molecule has 0 fully saturated rings. The molecular formula is C48H42N4. The first-order chi connectivity index (χ1) is 25.0. The van der Waals surface area contributed by atoms with Crippen LogP contribution in [-0.4, -0.2) is 19.1 Å². The summed E-state index contributed by atoms with van der Waals surface area (Å²) in [6.07, 6.45) is 3.89. The summed E-state index contributed by atoms with van der Waals surface area (Å²) in [7, 11) is 0. The van der Waals surface area contributed by atoms with Crippen LogP contribution < -0.4 is 0 Å². The smallest absolute Gasteiger partial charge is 0.137 e. The third-order valence-corrected chi connectivity index (χ3v) is 10.6. The second-order valence-corrected chi connectivity index (χ2v) is 16.1. The van der Waals surface area contributed by atoms with Gasteiger partial charge in [0.2, 0.25) is 0 Å². The van der Waals surface area contributed by atoms with Crippen molar-refractivity contribution < 1.29 is 0 Å². The number of hydrogen-bond donors (Lipinski definition) is 0. The number of aromatic nitrogens is 4. The highest BCUT2D eigenvalue weighted by atomic mass is 15.1. The highest BCUT2D eigenvalue weighted by Gasteiger charge is 2.21. The molecule has 4 heteroatoms. The highest BCUT2D eigenvalue weighted by molar-refractivity contribution is 6.13. The molecule has 0 spiro atoms. The van der Waals surface area contributed by atoms with Crippen molar-refractivity contribution in [1.29, 1.82) is 0 Å². The molecule has 0 amide bonds. The lowest BCUT2D eigenvalue weighted by atomic mass is 9.87. The van der Waals surface area contributed by atoms with Crippen LogP contribution in [-0.2, 0) is 10.8 Å². The second-order valence-electron chi connectivity index (χ2n) is 16.1. The molecule has 4 heterocycles. The van der Waals surface area contributed by atoms with E-state index < -0.39 is 0 Å². The molecule has 52 heavy (non-hydrogen) atoms. The standard InChI is InChI=1S/C48H42N4/c1-47(2,3)34-22-24-49-41(28-34)33-16-19-38-37-14-10-11-15-42(37)51(44(38)27-33)36-18-20-39-40-26-32(31-12-8-7-9-13-31)17-21-43(40)52(45(39)30-36)46-29-35(23-25-50-46)48(4,5)6/h7-30H,1-6H3. The lowest BCUT2D eigenvalue weighted by molar-refractivity contribution is 0.588. The van der Waals surface area contributed by atoms with Crippen molar-refractivity contribution in [1.82, 2.24) is 19.1 Å². The molecule has 0 saturated carbocycles. The fourth-order valence-electron chi connectivity index (χ4n) is 7.68.